The van der Waals surface area contributed by atoms with Gasteiger partial charge in [0.25, 0.3) is 0 Å². The quantitative estimate of drug-likeness (QED) is 0.213. The number of nitrogens with one attached hydrogen (secondary N) is 1. The van der Waals surface area contributed by atoms with Gasteiger partial charge in [-0.25, -0.2) is 5.48 Å². The number of carbonyl (C=O) groups excluding carboxylic acids is 1. The lowest BCUT2D eigenvalue weighted by atomic mass is 10.1. The molecule has 1 aromatic rings. The van der Waals surface area contributed by atoms with E-state index in [0.29, 0.717) is 0 Å². The highest BCUT2D eigenvalue weighted by molar-refractivity contribution is 5.68. The normalized spacial score (nSPS) is 10.3. The van der Waals surface area contributed by atoms with Crippen LogP contribution in [0.3, 0.4) is 0 Å². The molecular weight excluding hydrogens is 326 g/mol. The van der Waals surface area contributed by atoms with E-state index in [-0.39, 0.29) is 6.41 Å². The summed E-state index contributed by atoms with van der Waals surface area (Å²) in [6.07, 6.45) is 10.1. The van der Waals surface area contributed by atoms with Gasteiger partial charge in [0, 0.05) is 13.6 Å². The number of anilines is 2. The number of hydrogen-bond acceptors (Lipinski definition) is 4. The summed E-state index contributed by atoms with van der Waals surface area (Å²) in [5.41, 5.74) is 11.9. The lowest BCUT2D eigenvalue weighted by Gasteiger charge is -2.21. The summed E-state index contributed by atoms with van der Waals surface area (Å²) in [5, 5.41) is 7.26. The Balaban J connectivity index is 0. The first-order chi connectivity index (χ1) is 12.4. The van der Waals surface area contributed by atoms with E-state index in [1.165, 1.54) is 23.0 Å². The smallest absolute Gasteiger partial charge is 0.230 e. The molecule has 26 heavy (non-hydrogen) atoms. The number of amides is 1. The van der Waals surface area contributed by atoms with Crippen molar-refractivity contribution in [3.63, 3.8) is 0 Å². The van der Waals surface area contributed by atoms with Gasteiger partial charge in [-0.05, 0) is 51.3 Å². The number of aryl methyl sites for hydroxylation is 1. The summed E-state index contributed by atoms with van der Waals surface area (Å²) in [4.78, 5) is 11.0. The number of carbonyl (C=O) groups is 1. The molecule has 148 valence electrons. The monoisotopic (exact) mass is 363 g/mol. The lowest BCUT2D eigenvalue weighted by molar-refractivity contribution is -0.116. The van der Waals surface area contributed by atoms with Crippen molar-refractivity contribution in [2.24, 2.45) is 0 Å². The second-order valence-electron chi connectivity index (χ2n) is 5.91. The second kappa shape index (κ2) is 17.5. The van der Waals surface area contributed by atoms with Crippen molar-refractivity contribution in [3.05, 3.63) is 47.6 Å². The van der Waals surface area contributed by atoms with Crippen LogP contribution in [-0.4, -0.2) is 25.2 Å². The van der Waals surface area contributed by atoms with Crippen molar-refractivity contribution < 1.29 is 10.0 Å². The molecule has 1 rings (SSSR count). The van der Waals surface area contributed by atoms with Crippen LogP contribution in [0.1, 0.15) is 52.5 Å². The summed E-state index contributed by atoms with van der Waals surface area (Å²) in [5.74, 6) is 0. The summed E-state index contributed by atoms with van der Waals surface area (Å²) in [6, 6.07) is 6.25. The first kappa shape index (κ1) is 26.0. The molecule has 0 aromatic heterocycles. The Bertz CT molecular complexity index is 540. The summed E-state index contributed by atoms with van der Waals surface area (Å²) >= 11 is 0. The Labute approximate surface area is 159 Å². The van der Waals surface area contributed by atoms with E-state index in [4.69, 9.17) is 15.7 Å². The molecule has 0 radical (unpaired) electrons. The highest BCUT2D eigenvalue weighted by Gasteiger charge is 2.05. The first-order valence-electron chi connectivity index (χ1n) is 9.09. The minimum absolute atomic E-state index is 0.181. The molecular formula is C21H37N3O2. The van der Waals surface area contributed by atoms with Crippen LogP contribution < -0.4 is 16.1 Å². The van der Waals surface area contributed by atoms with Crippen molar-refractivity contribution in [2.45, 2.75) is 53.9 Å². The summed E-state index contributed by atoms with van der Waals surface area (Å²) < 4.78 is 0. The van der Waals surface area contributed by atoms with Gasteiger partial charge in [-0.1, -0.05) is 50.1 Å². The van der Waals surface area contributed by atoms with E-state index in [1.807, 2.05) is 6.07 Å². The average molecular weight is 364 g/mol. The minimum atomic E-state index is 0.181. The van der Waals surface area contributed by atoms with Crippen LogP contribution in [-0.2, 0) is 4.79 Å². The second-order valence-corrected chi connectivity index (χ2v) is 5.91. The third kappa shape index (κ3) is 13.1. The van der Waals surface area contributed by atoms with Crippen LogP contribution >= 0.6 is 0 Å². The molecule has 0 unspecified atom stereocenters. The molecule has 0 saturated heterocycles. The zero-order valence-electron chi connectivity index (χ0n) is 17.2. The number of allylic oxidation sites excluding steroid dienone is 4. The third-order valence-corrected chi connectivity index (χ3v) is 3.36. The molecule has 0 aliphatic heterocycles. The van der Waals surface area contributed by atoms with Gasteiger partial charge in [0.2, 0.25) is 6.41 Å². The van der Waals surface area contributed by atoms with Crippen LogP contribution in [0.2, 0.25) is 0 Å². The Morgan fingerprint density at radius 3 is 2.31 bits per heavy atom. The maximum Gasteiger partial charge on any atom is 0.230 e. The molecule has 0 aliphatic carbocycles. The predicted octanol–water partition coefficient (Wildman–Crippen LogP) is 4.85. The molecule has 0 heterocycles. The Morgan fingerprint density at radius 2 is 1.88 bits per heavy atom. The maximum absolute atomic E-state index is 8.81. The van der Waals surface area contributed by atoms with Gasteiger partial charge in [0.1, 0.15) is 0 Å². The number of rotatable bonds is 7. The predicted molar refractivity (Wildman–Crippen MR) is 114 cm³/mol. The Kier molecular flexibility index (Phi) is 17.5. The number of nitrogens with two attached hydrogens (primary N) is 1. The molecule has 5 heteroatoms. The summed E-state index contributed by atoms with van der Waals surface area (Å²) in [6.45, 7) is 11.5. The molecule has 4 N–H and O–H groups in total. The van der Waals surface area contributed by atoms with Crippen molar-refractivity contribution >= 4 is 17.8 Å². The van der Waals surface area contributed by atoms with Gasteiger partial charge in [0.15, 0.2) is 0 Å². The van der Waals surface area contributed by atoms with Crippen molar-refractivity contribution in [1.82, 2.24) is 5.48 Å². The Hall–Kier alpha value is -2.27. The van der Waals surface area contributed by atoms with Gasteiger partial charge in [-0.2, -0.15) is 0 Å². The van der Waals surface area contributed by atoms with Gasteiger partial charge in [0.05, 0.1) is 11.4 Å². The molecule has 1 aromatic carbocycles. The van der Waals surface area contributed by atoms with E-state index in [2.05, 4.69) is 76.9 Å². The van der Waals surface area contributed by atoms with Crippen LogP contribution in [0.5, 0.6) is 0 Å². The number of benzene rings is 1. The van der Waals surface area contributed by atoms with Crippen LogP contribution in [0.15, 0.2) is 42.0 Å². The van der Waals surface area contributed by atoms with Crippen LogP contribution in [0, 0.1) is 6.92 Å². The lowest BCUT2D eigenvalue weighted by Crippen LogP contribution is -2.19. The van der Waals surface area contributed by atoms with E-state index in [1.54, 1.807) is 0 Å². The molecule has 0 spiro atoms. The average Bonchev–Trinajstić information content (AvgIpc) is 2.61. The highest BCUT2D eigenvalue weighted by Crippen LogP contribution is 2.23. The van der Waals surface area contributed by atoms with Crippen molar-refractivity contribution in [3.8, 4) is 0 Å². The van der Waals surface area contributed by atoms with Gasteiger partial charge in [-0.15, -0.1) is 0 Å². The number of nitrogens with zero attached hydrogens (tertiary/aromatic N) is 1. The van der Waals surface area contributed by atoms with E-state index >= 15 is 0 Å². The maximum atomic E-state index is 8.81. The standard InChI is InChI=1S/C17H26N2.C3H8.CH3NO2/c1-5-8-15(6-2)9-7-12-19(4)17-11-10-14(3)13-16(17)18;1-3-2;3-1-2-4/h5-6,8,10-11,13H,7,9,12,18H2,1-4H3;3H2,1-2H3;1,4H,(H,2,3)/b8-5-,15-6+;;. The van der Waals surface area contributed by atoms with E-state index in [0.717, 1.165) is 30.8 Å². The van der Waals surface area contributed by atoms with Crippen LogP contribution in [0.25, 0.3) is 0 Å². The minimum Gasteiger partial charge on any atom is -0.397 e. The van der Waals surface area contributed by atoms with Gasteiger partial charge >= 0.3 is 0 Å². The molecule has 0 saturated carbocycles. The fourth-order valence-electron chi connectivity index (χ4n) is 2.20. The largest absolute Gasteiger partial charge is 0.397 e. The first-order valence-corrected chi connectivity index (χ1v) is 9.09. The Morgan fingerprint density at radius 1 is 1.31 bits per heavy atom. The topological polar surface area (TPSA) is 78.6 Å². The van der Waals surface area contributed by atoms with Crippen molar-refractivity contribution in [2.75, 3.05) is 24.2 Å². The number of hydrogen-bond donors (Lipinski definition) is 3. The number of hydroxylamine groups is 1. The third-order valence-electron chi connectivity index (χ3n) is 3.36. The zero-order chi connectivity index (χ0) is 20.4. The molecule has 0 fully saturated rings. The SMILES string of the molecule is C/C=C\C(=C/C)CCCN(C)c1ccc(C)cc1N.CCC.O=CNO. The molecule has 0 aliphatic rings. The summed E-state index contributed by atoms with van der Waals surface area (Å²) in [7, 11) is 2.10. The zero-order valence-corrected chi connectivity index (χ0v) is 17.2. The molecule has 0 atom stereocenters. The molecule has 0 bridgehead atoms. The number of nitrogen functional groups attached to an aromatic ring is 1. The van der Waals surface area contributed by atoms with Crippen molar-refractivity contribution in [1.29, 1.82) is 0 Å². The molecule has 5 nitrogen and oxygen atoms in total. The molecule has 1 amide bonds. The fourth-order valence-corrected chi connectivity index (χ4v) is 2.20. The van der Waals surface area contributed by atoms with E-state index < -0.39 is 0 Å². The fraction of sp³-hybridized carbons (Fsp3) is 0.476. The van der Waals surface area contributed by atoms with E-state index in [9.17, 15) is 0 Å². The van der Waals surface area contributed by atoms with Gasteiger partial charge in [-0.3, -0.25) is 10.0 Å². The van der Waals surface area contributed by atoms with Crippen LogP contribution in [0.4, 0.5) is 11.4 Å². The van der Waals surface area contributed by atoms with Gasteiger partial charge < -0.3 is 10.6 Å². The highest BCUT2D eigenvalue weighted by atomic mass is 16.5.